The van der Waals surface area contributed by atoms with E-state index in [-0.39, 0.29) is 0 Å². The van der Waals surface area contributed by atoms with Crippen LogP contribution in [0.2, 0.25) is 0 Å². The van der Waals surface area contributed by atoms with Gasteiger partial charge < -0.3 is 5.32 Å². The van der Waals surface area contributed by atoms with Crippen molar-refractivity contribution in [1.29, 1.82) is 0 Å². The molecule has 1 aliphatic carbocycles. The minimum absolute atomic E-state index is 0.475. The van der Waals surface area contributed by atoms with E-state index in [0.29, 0.717) is 11.5 Å². The van der Waals surface area contributed by atoms with E-state index < -0.39 is 0 Å². The van der Waals surface area contributed by atoms with Gasteiger partial charge in [0.1, 0.15) is 0 Å². The Morgan fingerprint density at radius 3 is 2.80 bits per heavy atom. The summed E-state index contributed by atoms with van der Waals surface area (Å²) < 4.78 is 1.24. The van der Waals surface area contributed by atoms with Crippen molar-refractivity contribution >= 4 is 27.3 Å². The van der Waals surface area contributed by atoms with Crippen LogP contribution >= 0.6 is 27.3 Å². The summed E-state index contributed by atoms with van der Waals surface area (Å²) in [6.45, 7) is 5.73. The molecule has 0 radical (unpaired) electrons. The molecular weight excluding hydrogens is 270 g/mol. The van der Waals surface area contributed by atoms with Crippen molar-refractivity contribution in [2.75, 3.05) is 6.54 Å². The third-order valence-electron chi connectivity index (χ3n) is 3.53. The first-order valence-corrected chi connectivity index (χ1v) is 7.30. The third kappa shape index (κ3) is 2.63. The van der Waals surface area contributed by atoms with Crippen molar-refractivity contribution in [3.63, 3.8) is 0 Å². The maximum atomic E-state index is 3.66. The lowest BCUT2D eigenvalue weighted by Gasteiger charge is -2.18. The molecule has 0 amide bonds. The van der Waals surface area contributed by atoms with Crippen LogP contribution in [0.5, 0.6) is 0 Å². The zero-order valence-corrected chi connectivity index (χ0v) is 11.7. The largest absolute Gasteiger partial charge is 0.309 e. The van der Waals surface area contributed by atoms with E-state index in [0.717, 1.165) is 0 Å². The topological polar surface area (TPSA) is 12.0 Å². The van der Waals surface area contributed by atoms with Crippen LogP contribution in [0.25, 0.3) is 0 Å². The third-order valence-corrected chi connectivity index (χ3v) is 5.58. The summed E-state index contributed by atoms with van der Waals surface area (Å²) in [5.41, 5.74) is 0.637. The molecule has 1 aromatic rings. The van der Waals surface area contributed by atoms with Crippen LogP contribution in [0, 0.1) is 5.41 Å². The highest BCUT2D eigenvalue weighted by Crippen LogP contribution is 2.48. The van der Waals surface area contributed by atoms with E-state index in [1.54, 1.807) is 0 Å². The Balaban J connectivity index is 1.88. The van der Waals surface area contributed by atoms with Gasteiger partial charge in [-0.3, -0.25) is 0 Å². The van der Waals surface area contributed by atoms with Gasteiger partial charge >= 0.3 is 0 Å². The molecule has 84 valence electrons. The first-order valence-electron chi connectivity index (χ1n) is 5.63. The lowest BCUT2D eigenvalue weighted by atomic mass is 10.0. The van der Waals surface area contributed by atoms with E-state index in [4.69, 9.17) is 0 Å². The highest BCUT2D eigenvalue weighted by Gasteiger charge is 2.40. The molecule has 0 bridgehead atoms. The number of hydrogen-bond donors (Lipinski definition) is 1. The standard InChI is InChI=1S/C12H18BrNS/c1-3-12(5-6-12)8-14-9(2)11-10(13)4-7-15-11/h4,7,9,14H,3,5-6,8H2,1-2H3. The van der Waals surface area contributed by atoms with Crippen LogP contribution in [0.1, 0.15) is 44.0 Å². The Morgan fingerprint density at radius 2 is 2.33 bits per heavy atom. The Kier molecular flexibility index (Phi) is 3.53. The summed E-state index contributed by atoms with van der Waals surface area (Å²) in [4.78, 5) is 1.42. The highest BCUT2D eigenvalue weighted by molar-refractivity contribution is 9.10. The molecule has 1 aliphatic rings. The lowest BCUT2D eigenvalue weighted by molar-refractivity contribution is 0.417. The average molecular weight is 288 g/mol. The van der Waals surface area contributed by atoms with E-state index in [2.05, 4.69) is 46.5 Å². The second-order valence-corrected chi connectivity index (χ2v) is 6.39. The maximum Gasteiger partial charge on any atom is 0.0397 e. The SMILES string of the molecule is CCC1(CNC(C)c2sccc2Br)CC1. The van der Waals surface area contributed by atoms with Crippen molar-refractivity contribution in [3.8, 4) is 0 Å². The molecular formula is C12H18BrNS. The van der Waals surface area contributed by atoms with Crippen LogP contribution in [-0.2, 0) is 0 Å². The van der Waals surface area contributed by atoms with E-state index in [9.17, 15) is 0 Å². The number of rotatable bonds is 5. The molecule has 0 aliphatic heterocycles. The predicted octanol–water partition coefficient (Wildman–Crippen LogP) is 4.35. The zero-order chi connectivity index (χ0) is 10.9. The van der Waals surface area contributed by atoms with Gasteiger partial charge in [0.2, 0.25) is 0 Å². The lowest BCUT2D eigenvalue weighted by Crippen LogP contribution is -2.26. The molecule has 0 saturated heterocycles. The molecule has 1 unspecified atom stereocenters. The summed E-state index contributed by atoms with van der Waals surface area (Å²) in [5, 5.41) is 5.80. The van der Waals surface area contributed by atoms with Crippen molar-refractivity contribution in [2.45, 2.75) is 39.2 Å². The first-order chi connectivity index (χ1) is 7.17. The number of thiophene rings is 1. The van der Waals surface area contributed by atoms with Crippen molar-refractivity contribution in [2.24, 2.45) is 5.41 Å². The number of hydrogen-bond acceptors (Lipinski definition) is 2. The molecule has 0 aromatic carbocycles. The maximum absolute atomic E-state index is 3.66. The molecule has 1 atom stereocenters. The van der Waals surface area contributed by atoms with Gasteiger partial charge in [-0.05, 0) is 59.0 Å². The van der Waals surface area contributed by atoms with E-state index in [1.165, 1.54) is 35.2 Å². The van der Waals surface area contributed by atoms with Gasteiger partial charge in [-0.1, -0.05) is 6.92 Å². The Labute approximate surface area is 104 Å². The fraction of sp³-hybridized carbons (Fsp3) is 0.667. The summed E-state index contributed by atoms with van der Waals surface area (Å²) in [6, 6.07) is 2.61. The minimum Gasteiger partial charge on any atom is -0.309 e. The first kappa shape index (κ1) is 11.6. The fourth-order valence-electron chi connectivity index (χ4n) is 1.91. The molecule has 2 rings (SSSR count). The summed E-state index contributed by atoms with van der Waals surface area (Å²) >= 11 is 5.42. The van der Waals surface area contributed by atoms with Gasteiger partial charge in [-0.2, -0.15) is 0 Å². The van der Waals surface area contributed by atoms with Crippen LogP contribution in [0.4, 0.5) is 0 Å². The molecule has 1 nitrogen and oxygen atoms in total. The Hall–Kier alpha value is 0.140. The molecule has 15 heavy (non-hydrogen) atoms. The van der Waals surface area contributed by atoms with Gasteiger partial charge in [-0.25, -0.2) is 0 Å². The summed E-state index contributed by atoms with van der Waals surface area (Å²) in [6.07, 6.45) is 4.14. The van der Waals surface area contributed by atoms with Crippen molar-refractivity contribution in [3.05, 3.63) is 20.8 Å². The van der Waals surface area contributed by atoms with Crippen LogP contribution < -0.4 is 5.32 Å². The van der Waals surface area contributed by atoms with Gasteiger partial charge in [0.15, 0.2) is 0 Å². The fourth-order valence-corrected chi connectivity index (χ4v) is 3.66. The second kappa shape index (κ2) is 4.56. The normalized spacial score (nSPS) is 20.2. The van der Waals surface area contributed by atoms with Crippen molar-refractivity contribution < 1.29 is 0 Å². The molecule has 1 saturated carbocycles. The van der Waals surface area contributed by atoms with Crippen LogP contribution in [0.3, 0.4) is 0 Å². The monoisotopic (exact) mass is 287 g/mol. The van der Waals surface area contributed by atoms with Gasteiger partial charge in [0, 0.05) is 21.9 Å². The molecule has 3 heteroatoms. The molecule has 1 heterocycles. The molecule has 1 aromatic heterocycles. The zero-order valence-electron chi connectivity index (χ0n) is 9.35. The van der Waals surface area contributed by atoms with Crippen molar-refractivity contribution in [1.82, 2.24) is 5.32 Å². The predicted molar refractivity (Wildman–Crippen MR) is 70.4 cm³/mol. The Morgan fingerprint density at radius 1 is 1.60 bits per heavy atom. The van der Waals surface area contributed by atoms with E-state index in [1.807, 2.05) is 11.3 Å². The smallest absolute Gasteiger partial charge is 0.0397 e. The van der Waals surface area contributed by atoms with E-state index >= 15 is 0 Å². The van der Waals surface area contributed by atoms with Gasteiger partial charge in [-0.15, -0.1) is 11.3 Å². The van der Waals surface area contributed by atoms with Gasteiger partial charge in [0.25, 0.3) is 0 Å². The van der Waals surface area contributed by atoms with Crippen LogP contribution in [0.15, 0.2) is 15.9 Å². The molecule has 0 spiro atoms. The minimum atomic E-state index is 0.475. The van der Waals surface area contributed by atoms with Gasteiger partial charge in [0.05, 0.1) is 0 Å². The molecule has 1 fully saturated rings. The quantitative estimate of drug-likeness (QED) is 0.849. The second-order valence-electron chi connectivity index (χ2n) is 4.59. The Bertz CT molecular complexity index is 330. The number of halogens is 1. The molecule has 1 N–H and O–H groups in total. The summed E-state index contributed by atoms with van der Waals surface area (Å²) in [5.74, 6) is 0. The average Bonchev–Trinajstić information content (AvgIpc) is 2.91. The summed E-state index contributed by atoms with van der Waals surface area (Å²) in [7, 11) is 0. The highest BCUT2D eigenvalue weighted by atomic mass is 79.9. The number of nitrogens with one attached hydrogen (secondary N) is 1. The van der Waals surface area contributed by atoms with Crippen LogP contribution in [-0.4, -0.2) is 6.54 Å².